The molecule has 0 spiro atoms. The normalized spacial score (nSPS) is 19.7. The molecule has 0 radical (unpaired) electrons. The first-order valence-corrected chi connectivity index (χ1v) is 7.29. The summed E-state index contributed by atoms with van der Waals surface area (Å²) < 4.78 is 12.2. The summed E-state index contributed by atoms with van der Waals surface area (Å²) in [7, 11) is 0. The maximum Gasteiger partial charge on any atom is 0.173 e. The molecule has 3 rings (SSSR count). The van der Waals surface area contributed by atoms with Gasteiger partial charge in [0, 0.05) is 22.0 Å². The van der Waals surface area contributed by atoms with Crippen LogP contribution in [0.15, 0.2) is 10.5 Å². The zero-order valence-electron chi connectivity index (χ0n) is 10.6. The quantitative estimate of drug-likeness (QED) is 0.867. The average Bonchev–Trinajstić information content (AvgIpc) is 2.38. The van der Waals surface area contributed by atoms with Crippen LogP contribution in [0.5, 0.6) is 11.5 Å². The Kier molecular flexibility index (Phi) is 3.27. The van der Waals surface area contributed by atoms with Gasteiger partial charge in [-0.25, -0.2) is 0 Å². The van der Waals surface area contributed by atoms with Crippen LogP contribution in [-0.2, 0) is 5.41 Å². The minimum absolute atomic E-state index is 0.0191. The Bertz CT molecular complexity index is 520. The third-order valence-corrected chi connectivity index (χ3v) is 4.85. The second-order valence-corrected chi connectivity index (χ2v) is 5.98. The molecule has 1 aliphatic carbocycles. The van der Waals surface area contributed by atoms with Gasteiger partial charge < -0.3 is 15.2 Å². The molecule has 102 valence electrons. The van der Waals surface area contributed by atoms with Gasteiger partial charge in [0.2, 0.25) is 0 Å². The van der Waals surface area contributed by atoms with Crippen molar-refractivity contribution < 1.29 is 14.3 Å². The molecule has 1 aromatic carbocycles. The molecule has 2 N–H and O–H groups in total. The topological polar surface area (TPSA) is 61.6 Å². The van der Waals surface area contributed by atoms with E-state index in [1.54, 1.807) is 0 Å². The molecule has 0 atom stereocenters. The zero-order valence-corrected chi connectivity index (χ0v) is 12.2. The van der Waals surface area contributed by atoms with Crippen molar-refractivity contribution in [2.45, 2.75) is 24.7 Å². The van der Waals surface area contributed by atoms with Crippen molar-refractivity contribution in [3.8, 4) is 11.5 Å². The summed E-state index contributed by atoms with van der Waals surface area (Å²) >= 11 is 3.45. The van der Waals surface area contributed by atoms with Gasteiger partial charge in [-0.05, 0) is 34.8 Å². The van der Waals surface area contributed by atoms with E-state index < -0.39 is 0 Å². The van der Waals surface area contributed by atoms with E-state index in [4.69, 9.17) is 15.2 Å². The molecule has 1 heterocycles. The maximum atomic E-state index is 11.2. The molecule has 1 aromatic rings. The highest BCUT2D eigenvalue weighted by Gasteiger charge is 2.41. The highest BCUT2D eigenvalue weighted by atomic mass is 79.9. The van der Waals surface area contributed by atoms with Gasteiger partial charge in [0.05, 0.1) is 5.56 Å². The standard InChI is InChI=1S/C14H16BrNO3/c15-11-6-10(14(8-16)2-1-3-14)13-12(9(11)7-17)18-4-5-19-13/h6-7H,1-5,8,16H2. The van der Waals surface area contributed by atoms with Crippen LogP contribution < -0.4 is 15.2 Å². The first-order chi connectivity index (χ1) is 9.22. The van der Waals surface area contributed by atoms with Crippen LogP contribution in [0.2, 0.25) is 0 Å². The molecule has 19 heavy (non-hydrogen) atoms. The molecule has 1 saturated carbocycles. The minimum atomic E-state index is -0.0191. The third kappa shape index (κ3) is 1.87. The van der Waals surface area contributed by atoms with Gasteiger partial charge in [0.15, 0.2) is 17.8 Å². The Morgan fingerprint density at radius 2 is 2.00 bits per heavy atom. The van der Waals surface area contributed by atoms with Crippen molar-refractivity contribution in [2.24, 2.45) is 5.73 Å². The summed E-state index contributed by atoms with van der Waals surface area (Å²) in [5.74, 6) is 1.27. The molecule has 0 unspecified atom stereocenters. The number of halogens is 1. The van der Waals surface area contributed by atoms with Crippen molar-refractivity contribution in [3.63, 3.8) is 0 Å². The third-order valence-electron chi connectivity index (χ3n) is 4.19. The highest BCUT2D eigenvalue weighted by Crippen LogP contribution is 2.51. The van der Waals surface area contributed by atoms with E-state index in [0.717, 1.165) is 29.2 Å². The summed E-state index contributed by atoms with van der Waals surface area (Å²) in [6, 6.07) is 1.98. The zero-order chi connectivity index (χ0) is 13.5. The fourth-order valence-electron chi connectivity index (χ4n) is 2.89. The second kappa shape index (κ2) is 4.80. The van der Waals surface area contributed by atoms with E-state index in [-0.39, 0.29) is 5.41 Å². The van der Waals surface area contributed by atoms with E-state index in [1.807, 2.05) is 6.07 Å². The molecular formula is C14H16BrNO3. The van der Waals surface area contributed by atoms with Crippen LogP contribution in [0.3, 0.4) is 0 Å². The number of carbonyl (C=O) groups is 1. The van der Waals surface area contributed by atoms with Crippen molar-refractivity contribution in [3.05, 3.63) is 21.7 Å². The Hall–Kier alpha value is -1.07. The number of benzene rings is 1. The summed E-state index contributed by atoms with van der Waals surface area (Å²) in [6.45, 7) is 1.58. The molecule has 5 heteroatoms. The Morgan fingerprint density at radius 3 is 2.53 bits per heavy atom. The lowest BCUT2D eigenvalue weighted by Crippen LogP contribution is -2.42. The first kappa shape index (κ1) is 12.9. The van der Waals surface area contributed by atoms with Gasteiger partial charge in [0.25, 0.3) is 0 Å². The van der Waals surface area contributed by atoms with Crippen molar-refractivity contribution in [1.29, 1.82) is 0 Å². The second-order valence-electron chi connectivity index (χ2n) is 5.13. The summed E-state index contributed by atoms with van der Waals surface area (Å²) in [5, 5.41) is 0. The Morgan fingerprint density at radius 1 is 1.32 bits per heavy atom. The molecule has 0 saturated heterocycles. The van der Waals surface area contributed by atoms with Crippen LogP contribution in [0.4, 0.5) is 0 Å². The molecule has 0 bridgehead atoms. The number of hydrogen-bond donors (Lipinski definition) is 1. The molecule has 1 aliphatic heterocycles. The van der Waals surface area contributed by atoms with E-state index >= 15 is 0 Å². The van der Waals surface area contributed by atoms with Gasteiger partial charge in [0.1, 0.15) is 13.2 Å². The lowest BCUT2D eigenvalue weighted by atomic mass is 9.64. The van der Waals surface area contributed by atoms with E-state index in [9.17, 15) is 4.79 Å². The maximum absolute atomic E-state index is 11.2. The monoisotopic (exact) mass is 325 g/mol. The van der Waals surface area contributed by atoms with Crippen molar-refractivity contribution >= 4 is 22.2 Å². The first-order valence-electron chi connectivity index (χ1n) is 6.50. The van der Waals surface area contributed by atoms with Gasteiger partial charge in [-0.15, -0.1) is 0 Å². The Labute approximate surface area is 120 Å². The van der Waals surface area contributed by atoms with Gasteiger partial charge in [-0.2, -0.15) is 0 Å². The number of fused-ring (bicyclic) bond motifs is 1. The predicted molar refractivity (Wildman–Crippen MR) is 75.1 cm³/mol. The van der Waals surface area contributed by atoms with Crippen LogP contribution in [0, 0.1) is 0 Å². The summed E-state index contributed by atoms with van der Waals surface area (Å²) in [4.78, 5) is 11.2. The molecule has 0 aromatic heterocycles. The van der Waals surface area contributed by atoms with E-state index in [0.29, 0.717) is 36.8 Å². The fraction of sp³-hybridized carbons (Fsp3) is 0.500. The number of nitrogens with two attached hydrogens (primary N) is 1. The van der Waals surface area contributed by atoms with Crippen LogP contribution in [-0.4, -0.2) is 26.0 Å². The largest absolute Gasteiger partial charge is 0.486 e. The SMILES string of the molecule is NCC1(c2cc(Br)c(C=O)c3c2OCCO3)CCC1. The van der Waals surface area contributed by atoms with Gasteiger partial charge in [-0.3, -0.25) is 4.79 Å². The molecule has 2 aliphatic rings. The van der Waals surface area contributed by atoms with Gasteiger partial charge >= 0.3 is 0 Å². The molecule has 1 fully saturated rings. The summed E-state index contributed by atoms with van der Waals surface area (Å²) in [5.41, 5.74) is 7.55. The summed E-state index contributed by atoms with van der Waals surface area (Å²) in [6.07, 6.45) is 4.11. The van der Waals surface area contributed by atoms with E-state index in [1.165, 1.54) is 6.42 Å². The van der Waals surface area contributed by atoms with Crippen molar-refractivity contribution in [2.75, 3.05) is 19.8 Å². The average molecular weight is 326 g/mol. The smallest absolute Gasteiger partial charge is 0.173 e. The minimum Gasteiger partial charge on any atom is -0.486 e. The van der Waals surface area contributed by atoms with Crippen LogP contribution in [0.1, 0.15) is 35.2 Å². The van der Waals surface area contributed by atoms with Gasteiger partial charge in [-0.1, -0.05) is 6.42 Å². The van der Waals surface area contributed by atoms with E-state index in [2.05, 4.69) is 15.9 Å². The molecule has 0 amide bonds. The molecular weight excluding hydrogens is 310 g/mol. The predicted octanol–water partition coefficient (Wildman–Crippen LogP) is 2.41. The number of rotatable bonds is 3. The van der Waals surface area contributed by atoms with Crippen molar-refractivity contribution in [1.82, 2.24) is 0 Å². The van der Waals surface area contributed by atoms with Crippen LogP contribution >= 0.6 is 15.9 Å². The molecule has 4 nitrogen and oxygen atoms in total. The fourth-order valence-corrected chi connectivity index (χ4v) is 3.39. The number of hydrogen-bond acceptors (Lipinski definition) is 4. The lowest BCUT2D eigenvalue weighted by Gasteiger charge is -2.43. The van der Waals surface area contributed by atoms with Crippen LogP contribution in [0.25, 0.3) is 0 Å². The Balaban J connectivity index is 2.20. The lowest BCUT2D eigenvalue weighted by molar-refractivity contribution is 0.110. The number of carbonyl (C=O) groups excluding carboxylic acids is 1. The number of ether oxygens (including phenoxy) is 2. The number of aldehydes is 1. The highest BCUT2D eigenvalue weighted by molar-refractivity contribution is 9.10.